The van der Waals surface area contributed by atoms with Crippen molar-refractivity contribution < 1.29 is 13.2 Å². The van der Waals surface area contributed by atoms with Gasteiger partial charge in [-0.25, -0.2) is 0 Å². The van der Waals surface area contributed by atoms with Crippen LogP contribution in [-0.4, -0.2) is 11.2 Å². The molecule has 3 N–H and O–H groups in total. The smallest absolute Gasteiger partial charge is 0.361 e. The van der Waals surface area contributed by atoms with Gasteiger partial charge in [0.05, 0.1) is 0 Å². The standard InChI is InChI=1S/C12H13F3N2/c13-12(14,15)5-3-10(16)8-1-2-11-9(7-8)4-6-17-11/h1-2,4,6-7,10,17H,3,5,16H2/t10-/m1/s1. The lowest BCUT2D eigenvalue weighted by atomic mass is 10.0. The van der Waals surface area contributed by atoms with E-state index in [9.17, 15) is 13.2 Å². The van der Waals surface area contributed by atoms with Crippen molar-refractivity contribution in [2.24, 2.45) is 5.73 Å². The number of fused-ring (bicyclic) bond motifs is 1. The Bertz CT molecular complexity index is 502. The molecule has 0 fully saturated rings. The van der Waals surface area contributed by atoms with Crippen LogP contribution in [0.15, 0.2) is 30.5 Å². The van der Waals surface area contributed by atoms with Crippen molar-refractivity contribution in [2.75, 3.05) is 0 Å². The van der Waals surface area contributed by atoms with Gasteiger partial charge in [-0.1, -0.05) is 6.07 Å². The highest BCUT2D eigenvalue weighted by molar-refractivity contribution is 5.80. The third-order valence-corrected chi connectivity index (χ3v) is 2.74. The summed E-state index contributed by atoms with van der Waals surface area (Å²) in [7, 11) is 0. The third kappa shape index (κ3) is 3.00. The summed E-state index contributed by atoms with van der Waals surface area (Å²) < 4.78 is 36.2. The van der Waals surface area contributed by atoms with E-state index in [1.807, 2.05) is 18.2 Å². The molecule has 0 saturated carbocycles. The second kappa shape index (κ2) is 4.41. The molecule has 0 aliphatic carbocycles. The Labute approximate surface area is 96.6 Å². The van der Waals surface area contributed by atoms with E-state index in [1.165, 1.54) is 0 Å². The van der Waals surface area contributed by atoms with Crippen LogP contribution in [0, 0.1) is 0 Å². The van der Waals surface area contributed by atoms with Crippen molar-refractivity contribution in [1.82, 2.24) is 4.98 Å². The zero-order chi connectivity index (χ0) is 12.5. The second-order valence-corrected chi connectivity index (χ2v) is 4.08. The molecule has 0 unspecified atom stereocenters. The molecule has 1 aromatic carbocycles. The van der Waals surface area contributed by atoms with Gasteiger partial charge in [-0.3, -0.25) is 0 Å². The summed E-state index contributed by atoms with van der Waals surface area (Å²) in [6, 6.07) is 6.72. The Morgan fingerprint density at radius 3 is 2.71 bits per heavy atom. The predicted molar refractivity (Wildman–Crippen MR) is 60.5 cm³/mol. The Morgan fingerprint density at radius 2 is 2.00 bits per heavy atom. The molecule has 1 atom stereocenters. The highest BCUT2D eigenvalue weighted by atomic mass is 19.4. The minimum atomic E-state index is -4.14. The number of alkyl halides is 3. The molecule has 1 heterocycles. The minimum absolute atomic E-state index is 0.0839. The fourth-order valence-corrected chi connectivity index (χ4v) is 1.79. The highest BCUT2D eigenvalue weighted by Crippen LogP contribution is 2.27. The Morgan fingerprint density at radius 1 is 1.24 bits per heavy atom. The lowest BCUT2D eigenvalue weighted by Gasteiger charge is -2.13. The first kappa shape index (κ1) is 12.0. The normalized spacial score (nSPS) is 14.1. The summed E-state index contributed by atoms with van der Waals surface area (Å²) >= 11 is 0. The van der Waals surface area contributed by atoms with Crippen LogP contribution in [0.5, 0.6) is 0 Å². The van der Waals surface area contributed by atoms with E-state index in [2.05, 4.69) is 4.98 Å². The zero-order valence-electron chi connectivity index (χ0n) is 9.09. The molecular formula is C12H13F3N2. The number of aromatic amines is 1. The molecule has 0 spiro atoms. The average Bonchev–Trinajstić information content (AvgIpc) is 2.71. The maximum atomic E-state index is 12.1. The molecule has 0 aliphatic heterocycles. The van der Waals surface area contributed by atoms with Crippen molar-refractivity contribution in [2.45, 2.75) is 25.1 Å². The first-order chi connectivity index (χ1) is 7.96. The molecule has 5 heteroatoms. The van der Waals surface area contributed by atoms with Crippen LogP contribution in [0.4, 0.5) is 13.2 Å². The Hall–Kier alpha value is -1.49. The lowest BCUT2D eigenvalue weighted by molar-refractivity contribution is -0.136. The van der Waals surface area contributed by atoms with Gasteiger partial charge in [-0.15, -0.1) is 0 Å². The maximum Gasteiger partial charge on any atom is 0.389 e. The molecule has 1 aromatic heterocycles. The first-order valence-electron chi connectivity index (χ1n) is 5.35. The van der Waals surface area contributed by atoms with E-state index >= 15 is 0 Å². The van der Waals surface area contributed by atoms with Gasteiger partial charge in [0.15, 0.2) is 0 Å². The first-order valence-corrected chi connectivity index (χ1v) is 5.35. The van der Waals surface area contributed by atoms with E-state index in [0.717, 1.165) is 16.5 Å². The van der Waals surface area contributed by atoms with Crippen molar-refractivity contribution in [3.05, 3.63) is 36.0 Å². The van der Waals surface area contributed by atoms with E-state index < -0.39 is 18.6 Å². The summed E-state index contributed by atoms with van der Waals surface area (Å²) in [4.78, 5) is 3.02. The van der Waals surface area contributed by atoms with Gasteiger partial charge in [0.25, 0.3) is 0 Å². The molecular weight excluding hydrogens is 229 g/mol. The van der Waals surface area contributed by atoms with Gasteiger partial charge < -0.3 is 10.7 Å². The molecule has 0 bridgehead atoms. The molecule has 0 aliphatic rings. The van der Waals surface area contributed by atoms with Crippen LogP contribution in [0.25, 0.3) is 10.9 Å². The average molecular weight is 242 g/mol. The minimum Gasteiger partial charge on any atom is -0.361 e. The van der Waals surface area contributed by atoms with Crippen molar-refractivity contribution >= 4 is 10.9 Å². The number of benzene rings is 1. The number of rotatable bonds is 3. The molecule has 2 aromatic rings. The van der Waals surface area contributed by atoms with Gasteiger partial charge in [0.1, 0.15) is 0 Å². The van der Waals surface area contributed by atoms with Crippen molar-refractivity contribution in [3.8, 4) is 0 Å². The number of hydrogen-bond donors (Lipinski definition) is 2. The van der Waals surface area contributed by atoms with Crippen LogP contribution in [0.2, 0.25) is 0 Å². The van der Waals surface area contributed by atoms with Gasteiger partial charge in [0, 0.05) is 24.2 Å². The SMILES string of the molecule is N[C@H](CCC(F)(F)F)c1ccc2[nH]ccc2c1. The van der Waals surface area contributed by atoms with E-state index in [4.69, 9.17) is 5.73 Å². The Kier molecular flexibility index (Phi) is 3.11. The summed E-state index contributed by atoms with van der Waals surface area (Å²) in [5.41, 5.74) is 7.44. The highest BCUT2D eigenvalue weighted by Gasteiger charge is 2.27. The molecule has 17 heavy (non-hydrogen) atoms. The van der Waals surface area contributed by atoms with Crippen LogP contribution in [0.3, 0.4) is 0 Å². The van der Waals surface area contributed by atoms with E-state index in [1.54, 1.807) is 12.3 Å². The summed E-state index contributed by atoms with van der Waals surface area (Å²) in [5.74, 6) is 0. The number of halogens is 3. The summed E-state index contributed by atoms with van der Waals surface area (Å²) in [5, 5.41) is 0.963. The largest absolute Gasteiger partial charge is 0.389 e. The number of nitrogens with two attached hydrogens (primary N) is 1. The van der Waals surface area contributed by atoms with Gasteiger partial charge in [-0.05, 0) is 35.6 Å². The molecule has 0 radical (unpaired) electrons. The van der Waals surface area contributed by atoms with Crippen LogP contribution in [-0.2, 0) is 0 Å². The molecule has 92 valence electrons. The van der Waals surface area contributed by atoms with Crippen molar-refractivity contribution in [1.29, 1.82) is 0 Å². The van der Waals surface area contributed by atoms with Gasteiger partial charge >= 0.3 is 6.18 Å². The monoisotopic (exact) mass is 242 g/mol. The van der Waals surface area contributed by atoms with E-state index in [0.29, 0.717) is 0 Å². The molecule has 2 nitrogen and oxygen atoms in total. The maximum absolute atomic E-state index is 12.1. The molecule has 0 amide bonds. The van der Waals surface area contributed by atoms with Crippen LogP contribution < -0.4 is 5.73 Å². The topological polar surface area (TPSA) is 41.8 Å². The third-order valence-electron chi connectivity index (χ3n) is 2.74. The summed E-state index contributed by atoms with van der Waals surface area (Å²) in [6.45, 7) is 0. The quantitative estimate of drug-likeness (QED) is 0.849. The predicted octanol–water partition coefficient (Wildman–Crippen LogP) is 3.51. The number of H-pyrrole nitrogens is 1. The number of aromatic nitrogens is 1. The zero-order valence-corrected chi connectivity index (χ0v) is 9.09. The van der Waals surface area contributed by atoms with Crippen LogP contribution >= 0.6 is 0 Å². The van der Waals surface area contributed by atoms with E-state index in [-0.39, 0.29) is 6.42 Å². The fraction of sp³-hybridized carbons (Fsp3) is 0.333. The Balaban J connectivity index is 2.10. The lowest BCUT2D eigenvalue weighted by Crippen LogP contribution is -2.15. The number of nitrogens with one attached hydrogen (secondary N) is 1. The summed E-state index contributed by atoms with van der Waals surface area (Å²) in [6.07, 6.45) is -3.29. The van der Waals surface area contributed by atoms with Crippen molar-refractivity contribution in [3.63, 3.8) is 0 Å². The van der Waals surface area contributed by atoms with Crippen LogP contribution in [0.1, 0.15) is 24.4 Å². The number of hydrogen-bond acceptors (Lipinski definition) is 1. The fourth-order valence-electron chi connectivity index (χ4n) is 1.79. The van der Waals surface area contributed by atoms with Gasteiger partial charge in [0.2, 0.25) is 0 Å². The second-order valence-electron chi connectivity index (χ2n) is 4.08. The molecule has 2 rings (SSSR count). The van der Waals surface area contributed by atoms with Gasteiger partial charge in [-0.2, -0.15) is 13.2 Å². The molecule has 0 saturated heterocycles.